The average molecular weight is 348 g/mol. The van der Waals surface area contributed by atoms with E-state index in [-0.39, 0.29) is 11.7 Å². The van der Waals surface area contributed by atoms with Gasteiger partial charge in [-0.25, -0.2) is 13.1 Å². The van der Waals surface area contributed by atoms with Gasteiger partial charge in [-0.05, 0) is 43.3 Å². The molecule has 2 rings (SSSR count). The van der Waals surface area contributed by atoms with Crippen molar-refractivity contribution < 1.29 is 17.6 Å². The number of furan rings is 1. The summed E-state index contributed by atoms with van der Waals surface area (Å²) in [5.41, 5.74) is 1.57. The van der Waals surface area contributed by atoms with Gasteiger partial charge < -0.3 is 9.73 Å². The fourth-order valence-electron chi connectivity index (χ4n) is 1.99. The number of rotatable bonds is 7. The summed E-state index contributed by atoms with van der Waals surface area (Å²) in [4.78, 5) is 11.8. The van der Waals surface area contributed by atoms with Gasteiger partial charge in [0.25, 0.3) is 0 Å². The van der Waals surface area contributed by atoms with Crippen molar-refractivity contribution in [1.29, 1.82) is 0 Å². The molecule has 0 radical (unpaired) electrons. The maximum atomic E-state index is 11.8. The lowest BCUT2D eigenvalue weighted by molar-refractivity contribution is -0.116. The molecule has 7 heteroatoms. The topological polar surface area (TPSA) is 88.4 Å². The molecule has 0 aliphatic rings. The van der Waals surface area contributed by atoms with Gasteiger partial charge in [-0.2, -0.15) is 0 Å². The summed E-state index contributed by atoms with van der Waals surface area (Å²) in [6.45, 7) is 2.20. The van der Waals surface area contributed by atoms with Crippen molar-refractivity contribution in [2.75, 3.05) is 7.05 Å². The zero-order chi connectivity index (χ0) is 17.6. The van der Waals surface area contributed by atoms with Gasteiger partial charge in [-0.3, -0.25) is 4.79 Å². The summed E-state index contributed by atoms with van der Waals surface area (Å²) >= 11 is 0. The Morgan fingerprint density at radius 3 is 2.38 bits per heavy atom. The van der Waals surface area contributed by atoms with Crippen molar-refractivity contribution in [2.45, 2.75) is 19.2 Å². The number of carbonyl (C=O) groups excluding carboxylic acids is 1. The van der Waals surface area contributed by atoms with Crippen molar-refractivity contribution >= 4 is 22.0 Å². The van der Waals surface area contributed by atoms with Crippen LogP contribution in [0.25, 0.3) is 6.08 Å². The molecule has 2 N–H and O–H groups in total. The first-order valence-corrected chi connectivity index (χ1v) is 9.04. The van der Waals surface area contributed by atoms with Crippen molar-refractivity contribution in [1.82, 2.24) is 10.0 Å². The second-order valence-corrected chi connectivity index (χ2v) is 7.21. The molecule has 0 aliphatic heterocycles. The molecule has 0 saturated heterocycles. The Morgan fingerprint density at radius 2 is 1.79 bits per heavy atom. The van der Waals surface area contributed by atoms with Crippen LogP contribution in [0.1, 0.15) is 22.6 Å². The fourth-order valence-corrected chi connectivity index (χ4v) is 2.77. The van der Waals surface area contributed by atoms with E-state index >= 15 is 0 Å². The van der Waals surface area contributed by atoms with Crippen LogP contribution in [-0.2, 0) is 27.1 Å². The molecule has 0 fully saturated rings. The third kappa shape index (κ3) is 5.68. The van der Waals surface area contributed by atoms with Crippen LogP contribution in [0, 0.1) is 6.92 Å². The molecule has 0 spiro atoms. The molecule has 0 aliphatic carbocycles. The standard InChI is InChI=1S/C17H20N2O4S/c1-13-3-8-16(23-13)9-10-17(20)19-11-14-4-6-15(7-5-14)12-24(21,22)18-2/h3-10,18H,11-12H2,1-2H3,(H,19,20)/b10-9+. The second kappa shape index (κ2) is 7.94. The number of carbonyl (C=O) groups is 1. The van der Waals surface area contributed by atoms with Crippen molar-refractivity contribution in [3.05, 3.63) is 65.1 Å². The Hall–Kier alpha value is -2.38. The first-order valence-electron chi connectivity index (χ1n) is 7.39. The Kier molecular flexibility index (Phi) is 5.94. The molecule has 1 heterocycles. The van der Waals surface area contributed by atoms with E-state index in [1.165, 1.54) is 13.1 Å². The third-order valence-corrected chi connectivity index (χ3v) is 4.65. The van der Waals surface area contributed by atoms with E-state index < -0.39 is 10.0 Å². The number of nitrogens with one attached hydrogen (secondary N) is 2. The maximum Gasteiger partial charge on any atom is 0.244 e. The highest BCUT2D eigenvalue weighted by Crippen LogP contribution is 2.09. The van der Waals surface area contributed by atoms with E-state index in [2.05, 4.69) is 10.0 Å². The molecule has 0 saturated carbocycles. The minimum absolute atomic E-state index is 0.0680. The van der Waals surface area contributed by atoms with Crippen LogP contribution in [-0.4, -0.2) is 21.4 Å². The van der Waals surface area contributed by atoms with Crippen molar-refractivity contribution in [3.63, 3.8) is 0 Å². The Balaban J connectivity index is 1.85. The van der Waals surface area contributed by atoms with Crippen LogP contribution >= 0.6 is 0 Å². The van der Waals surface area contributed by atoms with Crippen LogP contribution in [0.2, 0.25) is 0 Å². The Labute approximate surface area is 141 Å². The van der Waals surface area contributed by atoms with Crippen molar-refractivity contribution in [2.24, 2.45) is 0 Å². The highest BCUT2D eigenvalue weighted by atomic mass is 32.2. The maximum absolute atomic E-state index is 11.8. The molecule has 6 nitrogen and oxygen atoms in total. The van der Waals surface area contributed by atoms with E-state index in [9.17, 15) is 13.2 Å². The Bertz CT molecular complexity index is 821. The second-order valence-electron chi connectivity index (χ2n) is 5.28. The highest BCUT2D eigenvalue weighted by Gasteiger charge is 2.08. The third-order valence-electron chi connectivity index (χ3n) is 3.32. The molecule has 1 aromatic heterocycles. The van der Waals surface area contributed by atoms with Gasteiger partial charge in [0.1, 0.15) is 11.5 Å². The summed E-state index contributed by atoms with van der Waals surface area (Å²) in [5.74, 6) is 1.11. The predicted molar refractivity (Wildman–Crippen MR) is 92.5 cm³/mol. The quantitative estimate of drug-likeness (QED) is 0.749. The lowest BCUT2D eigenvalue weighted by Gasteiger charge is -2.05. The monoisotopic (exact) mass is 348 g/mol. The zero-order valence-corrected chi connectivity index (χ0v) is 14.4. The molecule has 1 aromatic carbocycles. The molecular formula is C17H20N2O4S. The minimum Gasteiger partial charge on any atom is -0.462 e. The summed E-state index contributed by atoms with van der Waals surface area (Å²) in [5, 5.41) is 2.76. The van der Waals surface area contributed by atoms with Gasteiger partial charge in [0.15, 0.2) is 0 Å². The van der Waals surface area contributed by atoms with E-state index in [0.29, 0.717) is 17.9 Å². The predicted octanol–water partition coefficient (Wildman–Crippen LogP) is 1.97. The van der Waals surface area contributed by atoms with Crippen LogP contribution < -0.4 is 10.0 Å². The van der Waals surface area contributed by atoms with E-state index in [4.69, 9.17) is 4.42 Å². The van der Waals surface area contributed by atoms with Gasteiger partial charge in [0.2, 0.25) is 15.9 Å². The first-order chi connectivity index (χ1) is 11.4. The zero-order valence-electron chi connectivity index (χ0n) is 13.6. The van der Waals surface area contributed by atoms with Gasteiger partial charge in [-0.15, -0.1) is 0 Å². The molecule has 2 aromatic rings. The average Bonchev–Trinajstić information content (AvgIpc) is 2.97. The summed E-state index contributed by atoms with van der Waals surface area (Å²) in [7, 11) is -1.90. The molecule has 128 valence electrons. The van der Waals surface area contributed by atoms with Gasteiger partial charge in [0.05, 0.1) is 5.75 Å². The molecule has 24 heavy (non-hydrogen) atoms. The SMILES string of the molecule is CNS(=O)(=O)Cc1ccc(CNC(=O)/C=C/c2ccc(C)o2)cc1. The number of benzene rings is 1. The van der Waals surface area contributed by atoms with Gasteiger partial charge in [-0.1, -0.05) is 24.3 Å². The molecule has 0 atom stereocenters. The largest absolute Gasteiger partial charge is 0.462 e. The fraction of sp³-hybridized carbons (Fsp3) is 0.235. The smallest absolute Gasteiger partial charge is 0.244 e. The van der Waals surface area contributed by atoms with Crippen LogP contribution in [0.5, 0.6) is 0 Å². The lowest BCUT2D eigenvalue weighted by atomic mass is 10.1. The van der Waals surface area contributed by atoms with Gasteiger partial charge >= 0.3 is 0 Å². The highest BCUT2D eigenvalue weighted by molar-refractivity contribution is 7.88. The Morgan fingerprint density at radius 1 is 1.12 bits per heavy atom. The van der Waals surface area contributed by atoms with E-state index in [0.717, 1.165) is 11.3 Å². The molecular weight excluding hydrogens is 328 g/mol. The molecule has 0 bridgehead atoms. The minimum atomic E-state index is -3.28. The van der Waals surface area contributed by atoms with Crippen LogP contribution in [0.15, 0.2) is 46.9 Å². The summed E-state index contributed by atoms with van der Waals surface area (Å²) in [6, 6.07) is 10.7. The summed E-state index contributed by atoms with van der Waals surface area (Å²) in [6.07, 6.45) is 3.01. The lowest BCUT2D eigenvalue weighted by Crippen LogP contribution is -2.21. The van der Waals surface area contributed by atoms with Crippen molar-refractivity contribution in [3.8, 4) is 0 Å². The number of hydrogen-bond donors (Lipinski definition) is 2. The number of amides is 1. The number of aryl methyl sites for hydroxylation is 1. The first kappa shape index (κ1) is 18.0. The molecule has 1 amide bonds. The van der Waals surface area contributed by atoms with Crippen LogP contribution in [0.4, 0.5) is 0 Å². The number of sulfonamides is 1. The number of hydrogen-bond acceptors (Lipinski definition) is 4. The van der Waals surface area contributed by atoms with Gasteiger partial charge in [0, 0.05) is 12.6 Å². The van der Waals surface area contributed by atoms with E-state index in [1.54, 1.807) is 36.4 Å². The normalized spacial score (nSPS) is 11.8. The summed E-state index contributed by atoms with van der Waals surface area (Å²) < 4.78 is 30.6. The van der Waals surface area contributed by atoms with Crippen LogP contribution in [0.3, 0.4) is 0 Å². The van der Waals surface area contributed by atoms with E-state index in [1.807, 2.05) is 13.0 Å². The molecule has 0 unspecified atom stereocenters.